The third-order valence-corrected chi connectivity index (χ3v) is 3.72. The van der Waals surface area contributed by atoms with Crippen molar-refractivity contribution in [2.45, 2.75) is 57.1 Å². The normalized spacial score (nSPS) is 20.6. The fraction of sp³-hybridized carbons (Fsp3) is 0.929. The van der Waals surface area contributed by atoms with E-state index in [9.17, 15) is 4.79 Å². The summed E-state index contributed by atoms with van der Waals surface area (Å²) >= 11 is 0. The van der Waals surface area contributed by atoms with Crippen LogP contribution in [0.1, 0.15) is 45.4 Å². The van der Waals surface area contributed by atoms with E-state index < -0.39 is 0 Å². The molecule has 1 unspecified atom stereocenters. The maximum atomic E-state index is 11.8. The smallest absolute Gasteiger partial charge is 0.246 e. The molecule has 5 heteroatoms. The van der Waals surface area contributed by atoms with Gasteiger partial charge in [-0.1, -0.05) is 25.7 Å². The third-order valence-electron chi connectivity index (χ3n) is 3.72. The highest BCUT2D eigenvalue weighted by atomic mass is 16.5. The minimum atomic E-state index is -0.293. The molecule has 1 rings (SSSR count). The molecule has 1 aliphatic rings. The first kappa shape index (κ1) is 16.4. The summed E-state index contributed by atoms with van der Waals surface area (Å²) < 4.78 is 10.8. The first-order valence-electron chi connectivity index (χ1n) is 7.24. The van der Waals surface area contributed by atoms with E-state index in [-0.39, 0.29) is 24.2 Å². The number of ether oxygens (including phenoxy) is 2. The van der Waals surface area contributed by atoms with E-state index in [4.69, 9.17) is 15.2 Å². The summed E-state index contributed by atoms with van der Waals surface area (Å²) in [5, 5.41) is 2.85. The van der Waals surface area contributed by atoms with Gasteiger partial charge < -0.3 is 20.5 Å². The SMILES string of the molecule is COCC(C)NC(=O)COC1(CN)CCCCCC1. The maximum Gasteiger partial charge on any atom is 0.246 e. The quantitative estimate of drug-likeness (QED) is 0.683. The highest BCUT2D eigenvalue weighted by Crippen LogP contribution is 2.29. The van der Waals surface area contributed by atoms with Gasteiger partial charge in [0.05, 0.1) is 12.2 Å². The third kappa shape index (κ3) is 5.89. The van der Waals surface area contributed by atoms with Crippen molar-refractivity contribution in [1.82, 2.24) is 5.32 Å². The first-order valence-corrected chi connectivity index (χ1v) is 7.24. The second-order valence-electron chi connectivity index (χ2n) is 5.51. The van der Waals surface area contributed by atoms with Gasteiger partial charge in [0.15, 0.2) is 0 Å². The molecule has 1 atom stereocenters. The Hall–Kier alpha value is -0.650. The minimum absolute atomic E-state index is 0.00376. The van der Waals surface area contributed by atoms with Crippen LogP contribution in [-0.4, -0.2) is 44.4 Å². The molecule has 0 aromatic rings. The predicted molar refractivity (Wildman–Crippen MR) is 74.9 cm³/mol. The Morgan fingerprint density at radius 3 is 2.47 bits per heavy atom. The molecule has 112 valence electrons. The molecule has 19 heavy (non-hydrogen) atoms. The molecule has 1 aliphatic carbocycles. The number of carbonyl (C=O) groups is 1. The molecule has 0 aliphatic heterocycles. The van der Waals surface area contributed by atoms with E-state index in [0.29, 0.717) is 13.2 Å². The molecule has 1 fully saturated rings. The zero-order chi connectivity index (χ0) is 14.1. The van der Waals surface area contributed by atoms with Crippen LogP contribution < -0.4 is 11.1 Å². The maximum absolute atomic E-state index is 11.8. The Labute approximate surface area is 116 Å². The molecule has 0 radical (unpaired) electrons. The van der Waals surface area contributed by atoms with Gasteiger partial charge in [-0.2, -0.15) is 0 Å². The minimum Gasteiger partial charge on any atom is -0.383 e. The van der Waals surface area contributed by atoms with Crippen LogP contribution in [0.3, 0.4) is 0 Å². The van der Waals surface area contributed by atoms with Crippen LogP contribution in [0.25, 0.3) is 0 Å². The lowest BCUT2D eigenvalue weighted by Crippen LogP contribution is -2.45. The molecule has 1 saturated carbocycles. The average Bonchev–Trinajstić information content (AvgIpc) is 2.63. The topological polar surface area (TPSA) is 73.6 Å². The molecular weight excluding hydrogens is 244 g/mol. The monoisotopic (exact) mass is 272 g/mol. The fourth-order valence-corrected chi connectivity index (χ4v) is 2.61. The Morgan fingerprint density at radius 1 is 1.32 bits per heavy atom. The summed E-state index contributed by atoms with van der Waals surface area (Å²) in [5.41, 5.74) is 5.57. The van der Waals surface area contributed by atoms with Crippen molar-refractivity contribution in [2.75, 3.05) is 26.9 Å². The number of hydrogen-bond acceptors (Lipinski definition) is 4. The molecule has 0 saturated heterocycles. The molecular formula is C14H28N2O3. The van der Waals surface area contributed by atoms with E-state index in [0.717, 1.165) is 25.7 Å². The van der Waals surface area contributed by atoms with E-state index in [1.807, 2.05) is 6.92 Å². The fourth-order valence-electron chi connectivity index (χ4n) is 2.61. The summed E-state index contributed by atoms with van der Waals surface area (Å²) in [4.78, 5) is 11.8. The highest BCUT2D eigenvalue weighted by Gasteiger charge is 2.31. The van der Waals surface area contributed by atoms with Gasteiger partial charge in [0.2, 0.25) is 5.91 Å². The number of rotatable bonds is 7. The Morgan fingerprint density at radius 2 is 1.95 bits per heavy atom. The predicted octanol–water partition coefficient (Wildman–Crippen LogP) is 1.21. The van der Waals surface area contributed by atoms with Crippen molar-refractivity contribution >= 4 is 5.91 Å². The number of nitrogens with one attached hydrogen (secondary N) is 1. The molecule has 0 aromatic carbocycles. The van der Waals surface area contributed by atoms with Gasteiger partial charge in [-0.15, -0.1) is 0 Å². The lowest BCUT2D eigenvalue weighted by Gasteiger charge is -2.31. The van der Waals surface area contributed by atoms with Gasteiger partial charge in [-0.3, -0.25) is 4.79 Å². The first-order chi connectivity index (χ1) is 9.12. The van der Waals surface area contributed by atoms with Crippen LogP contribution in [0.15, 0.2) is 0 Å². The number of nitrogens with two attached hydrogens (primary N) is 1. The van der Waals surface area contributed by atoms with E-state index in [2.05, 4.69) is 5.32 Å². The summed E-state index contributed by atoms with van der Waals surface area (Å²) in [6.07, 6.45) is 6.68. The number of hydrogen-bond donors (Lipinski definition) is 2. The van der Waals surface area contributed by atoms with Gasteiger partial charge in [-0.25, -0.2) is 0 Å². The second-order valence-corrected chi connectivity index (χ2v) is 5.51. The van der Waals surface area contributed by atoms with Crippen LogP contribution in [0.5, 0.6) is 0 Å². The van der Waals surface area contributed by atoms with Crippen LogP contribution in [0.4, 0.5) is 0 Å². The molecule has 3 N–H and O–H groups in total. The van der Waals surface area contributed by atoms with Crippen LogP contribution in [-0.2, 0) is 14.3 Å². The summed E-state index contributed by atoms with van der Waals surface area (Å²) in [5.74, 6) is -0.0957. The van der Waals surface area contributed by atoms with E-state index >= 15 is 0 Å². The summed E-state index contributed by atoms with van der Waals surface area (Å²) in [6, 6.07) is 0.00376. The van der Waals surface area contributed by atoms with Gasteiger partial charge >= 0.3 is 0 Å². The van der Waals surface area contributed by atoms with E-state index in [1.165, 1.54) is 12.8 Å². The second kappa shape index (κ2) is 8.51. The van der Waals surface area contributed by atoms with Crippen molar-refractivity contribution in [2.24, 2.45) is 5.73 Å². The van der Waals surface area contributed by atoms with Gasteiger partial charge in [-0.05, 0) is 19.8 Å². The van der Waals surface area contributed by atoms with Crippen molar-refractivity contribution < 1.29 is 14.3 Å². The van der Waals surface area contributed by atoms with Gasteiger partial charge in [0, 0.05) is 19.7 Å². The van der Waals surface area contributed by atoms with Crippen LogP contribution in [0, 0.1) is 0 Å². The summed E-state index contributed by atoms with van der Waals surface area (Å²) in [7, 11) is 1.62. The molecule has 0 bridgehead atoms. The Balaban J connectivity index is 2.37. The molecule has 0 aromatic heterocycles. The van der Waals surface area contributed by atoms with Gasteiger partial charge in [0.25, 0.3) is 0 Å². The zero-order valence-corrected chi connectivity index (χ0v) is 12.2. The van der Waals surface area contributed by atoms with E-state index in [1.54, 1.807) is 7.11 Å². The highest BCUT2D eigenvalue weighted by molar-refractivity contribution is 5.77. The standard InChI is InChI=1S/C14H28N2O3/c1-12(9-18-2)16-13(17)10-19-14(11-15)7-5-3-4-6-8-14/h12H,3-11,15H2,1-2H3,(H,16,17). The van der Waals surface area contributed by atoms with Crippen molar-refractivity contribution in [3.05, 3.63) is 0 Å². The lowest BCUT2D eigenvalue weighted by molar-refractivity contribution is -0.134. The Bertz CT molecular complexity index is 263. The van der Waals surface area contributed by atoms with Gasteiger partial charge in [0.1, 0.15) is 6.61 Å². The number of amides is 1. The van der Waals surface area contributed by atoms with Crippen molar-refractivity contribution in [3.63, 3.8) is 0 Å². The largest absolute Gasteiger partial charge is 0.383 e. The van der Waals surface area contributed by atoms with Crippen molar-refractivity contribution in [3.8, 4) is 0 Å². The zero-order valence-electron chi connectivity index (χ0n) is 12.2. The summed E-state index contributed by atoms with van der Waals surface area (Å²) in [6.45, 7) is 3.00. The lowest BCUT2D eigenvalue weighted by atomic mass is 9.94. The molecule has 0 spiro atoms. The number of carbonyl (C=O) groups excluding carboxylic acids is 1. The Kier molecular flexibility index (Phi) is 7.34. The molecule has 0 heterocycles. The molecule has 5 nitrogen and oxygen atoms in total. The average molecular weight is 272 g/mol. The van der Waals surface area contributed by atoms with Crippen LogP contribution >= 0.6 is 0 Å². The molecule has 1 amide bonds. The van der Waals surface area contributed by atoms with Crippen LogP contribution in [0.2, 0.25) is 0 Å². The number of methoxy groups -OCH3 is 1. The van der Waals surface area contributed by atoms with Crippen molar-refractivity contribution in [1.29, 1.82) is 0 Å².